The normalized spacial score (nSPS) is 10.5. The molecule has 1 aromatic heterocycles. The van der Waals surface area contributed by atoms with Crippen molar-refractivity contribution >= 4 is 28.3 Å². The molecule has 1 heterocycles. The molecule has 1 N–H and O–H groups in total. The Labute approximate surface area is 125 Å². The van der Waals surface area contributed by atoms with Gasteiger partial charge >= 0.3 is 5.97 Å². The van der Waals surface area contributed by atoms with Crippen LogP contribution in [0.4, 0.5) is 0 Å². The summed E-state index contributed by atoms with van der Waals surface area (Å²) in [5.41, 5.74) is 0.0848. The van der Waals surface area contributed by atoms with Gasteiger partial charge in [-0.2, -0.15) is 0 Å². The SMILES string of the molecule is O=C(O)c1cc2ccccc2cc1Oc1ccncc1Cl. The summed E-state index contributed by atoms with van der Waals surface area (Å²) in [6.45, 7) is 0. The van der Waals surface area contributed by atoms with Crippen molar-refractivity contribution in [1.29, 1.82) is 0 Å². The molecule has 0 saturated heterocycles. The Morgan fingerprint density at radius 2 is 1.81 bits per heavy atom. The van der Waals surface area contributed by atoms with Crippen molar-refractivity contribution in [3.8, 4) is 11.5 Å². The number of nitrogens with zero attached hydrogens (tertiary/aromatic N) is 1. The number of benzene rings is 2. The van der Waals surface area contributed by atoms with E-state index in [9.17, 15) is 9.90 Å². The highest BCUT2D eigenvalue weighted by Gasteiger charge is 2.14. The lowest BCUT2D eigenvalue weighted by molar-refractivity contribution is 0.0694. The highest BCUT2D eigenvalue weighted by molar-refractivity contribution is 6.31. The van der Waals surface area contributed by atoms with E-state index in [-0.39, 0.29) is 11.3 Å². The fraction of sp³-hybridized carbons (Fsp3) is 0. The third-order valence-electron chi connectivity index (χ3n) is 3.03. The second-order valence-electron chi connectivity index (χ2n) is 4.41. The van der Waals surface area contributed by atoms with E-state index in [1.165, 1.54) is 12.4 Å². The number of aromatic carboxylic acids is 1. The van der Waals surface area contributed by atoms with Crippen molar-refractivity contribution in [2.24, 2.45) is 0 Å². The molecule has 2 aromatic carbocycles. The van der Waals surface area contributed by atoms with Crippen LogP contribution in [0.5, 0.6) is 11.5 Å². The molecule has 104 valence electrons. The molecule has 21 heavy (non-hydrogen) atoms. The maximum absolute atomic E-state index is 11.4. The van der Waals surface area contributed by atoms with Crippen molar-refractivity contribution in [3.05, 3.63) is 65.4 Å². The molecule has 0 spiro atoms. The van der Waals surface area contributed by atoms with Gasteiger partial charge in [0.15, 0.2) is 0 Å². The molecule has 0 aliphatic rings. The molecular formula is C16H10ClNO3. The molecule has 0 aliphatic carbocycles. The Morgan fingerprint density at radius 1 is 1.10 bits per heavy atom. The first-order valence-corrected chi connectivity index (χ1v) is 6.56. The Hall–Kier alpha value is -2.59. The van der Waals surface area contributed by atoms with Gasteiger partial charge in [0.2, 0.25) is 0 Å². The van der Waals surface area contributed by atoms with E-state index in [0.717, 1.165) is 10.8 Å². The molecule has 0 aliphatic heterocycles. The number of pyridine rings is 1. The van der Waals surface area contributed by atoms with Gasteiger partial charge in [0, 0.05) is 18.5 Å². The number of carbonyl (C=O) groups is 1. The minimum atomic E-state index is -1.05. The first-order chi connectivity index (χ1) is 10.1. The van der Waals surface area contributed by atoms with Crippen LogP contribution in [0.3, 0.4) is 0 Å². The van der Waals surface area contributed by atoms with Crippen LogP contribution in [-0.2, 0) is 0 Å². The van der Waals surface area contributed by atoms with Crippen LogP contribution in [0.25, 0.3) is 10.8 Å². The standard InChI is InChI=1S/C16H10ClNO3/c17-13-9-18-6-5-14(13)21-15-8-11-4-2-1-3-10(11)7-12(15)16(19)20/h1-9H,(H,19,20). The topological polar surface area (TPSA) is 59.4 Å². The van der Waals surface area contributed by atoms with Gasteiger partial charge in [-0.25, -0.2) is 4.79 Å². The van der Waals surface area contributed by atoms with Crippen molar-refractivity contribution in [2.75, 3.05) is 0 Å². The summed E-state index contributed by atoms with van der Waals surface area (Å²) < 4.78 is 5.66. The van der Waals surface area contributed by atoms with Crippen LogP contribution in [0, 0.1) is 0 Å². The van der Waals surface area contributed by atoms with Crippen molar-refractivity contribution < 1.29 is 14.6 Å². The van der Waals surface area contributed by atoms with Crippen LogP contribution in [0.1, 0.15) is 10.4 Å². The number of carboxylic acid groups (broad SMARTS) is 1. The smallest absolute Gasteiger partial charge is 0.339 e. The summed E-state index contributed by atoms with van der Waals surface area (Å²) in [5.74, 6) is -0.445. The Bertz CT molecular complexity index is 833. The molecule has 0 amide bonds. The Morgan fingerprint density at radius 3 is 2.48 bits per heavy atom. The molecule has 0 unspecified atom stereocenters. The maximum atomic E-state index is 11.4. The minimum Gasteiger partial charge on any atom is -0.478 e. The van der Waals surface area contributed by atoms with E-state index < -0.39 is 5.97 Å². The fourth-order valence-electron chi connectivity index (χ4n) is 2.03. The molecule has 3 aromatic rings. The van der Waals surface area contributed by atoms with Crippen LogP contribution in [0.2, 0.25) is 5.02 Å². The molecular weight excluding hydrogens is 290 g/mol. The Balaban J connectivity index is 2.14. The lowest BCUT2D eigenvalue weighted by Gasteiger charge is -2.11. The predicted octanol–water partition coefficient (Wildman–Crippen LogP) is 4.38. The second-order valence-corrected chi connectivity index (χ2v) is 4.82. The molecule has 0 radical (unpaired) electrons. The first-order valence-electron chi connectivity index (χ1n) is 6.18. The summed E-state index contributed by atoms with van der Waals surface area (Å²) >= 11 is 5.99. The number of fused-ring (bicyclic) bond motifs is 1. The zero-order valence-electron chi connectivity index (χ0n) is 10.8. The maximum Gasteiger partial charge on any atom is 0.339 e. The lowest BCUT2D eigenvalue weighted by Crippen LogP contribution is -2.00. The number of hydrogen-bond donors (Lipinski definition) is 1. The summed E-state index contributed by atoms with van der Waals surface area (Å²) in [5, 5.41) is 11.4. The van der Waals surface area contributed by atoms with Gasteiger partial charge < -0.3 is 9.84 Å². The van der Waals surface area contributed by atoms with Crippen molar-refractivity contribution in [2.45, 2.75) is 0 Å². The molecule has 5 heteroatoms. The molecule has 0 fully saturated rings. The van der Waals surface area contributed by atoms with Crippen LogP contribution in [0.15, 0.2) is 54.9 Å². The van der Waals surface area contributed by atoms with Crippen LogP contribution >= 0.6 is 11.6 Å². The van der Waals surface area contributed by atoms with E-state index in [1.54, 1.807) is 18.2 Å². The van der Waals surface area contributed by atoms with E-state index in [4.69, 9.17) is 16.3 Å². The van der Waals surface area contributed by atoms with Crippen molar-refractivity contribution in [3.63, 3.8) is 0 Å². The summed E-state index contributed by atoms with van der Waals surface area (Å²) in [6, 6.07) is 12.3. The van der Waals surface area contributed by atoms with Gasteiger partial charge in [0.05, 0.1) is 0 Å². The molecule has 0 saturated carbocycles. The fourth-order valence-corrected chi connectivity index (χ4v) is 2.19. The van der Waals surface area contributed by atoms with Gasteiger partial charge in [0.1, 0.15) is 22.1 Å². The number of hydrogen-bond acceptors (Lipinski definition) is 3. The largest absolute Gasteiger partial charge is 0.478 e. The van der Waals surface area contributed by atoms with Gasteiger partial charge in [-0.3, -0.25) is 4.98 Å². The van der Waals surface area contributed by atoms with E-state index in [0.29, 0.717) is 10.8 Å². The number of carboxylic acids is 1. The summed E-state index contributed by atoms with van der Waals surface area (Å²) in [4.78, 5) is 15.3. The number of halogens is 1. The molecule has 0 atom stereocenters. The zero-order chi connectivity index (χ0) is 14.8. The zero-order valence-corrected chi connectivity index (χ0v) is 11.5. The molecule has 0 bridgehead atoms. The molecule has 4 nitrogen and oxygen atoms in total. The Kier molecular flexibility index (Phi) is 3.46. The lowest BCUT2D eigenvalue weighted by atomic mass is 10.1. The average Bonchev–Trinajstić information content (AvgIpc) is 2.48. The second kappa shape index (κ2) is 5.42. The quantitative estimate of drug-likeness (QED) is 0.779. The summed E-state index contributed by atoms with van der Waals surface area (Å²) in [6.07, 6.45) is 2.97. The minimum absolute atomic E-state index is 0.0848. The van der Waals surface area contributed by atoms with E-state index in [1.807, 2.05) is 24.3 Å². The van der Waals surface area contributed by atoms with Gasteiger partial charge in [-0.1, -0.05) is 35.9 Å². The van der Waals surface area contributed by atoms with E-state index in [2.05, 4.69) is 4.98 Å². The predicted molar refractivity (Wildman–Crippen MR) is 80.2 cm³/mol. The van der Waals surface area contributed by atoms with Crippen LogP contribution in [-0.4, -0.2) is 16.1 Å². The number of rotatable bonds is 3. The van der Waals surface area contributed by atoms with Gasteiger partial charge in [-0.05, 0) is 22.9 Å². The van der Waals surface area contributed by atoms with Gasteiger partial charge in [0.25, 0.3) is 0 Å². The van der Waals surface area contributed by atoms with Gasteiger partial charge in [-0.15, -0.1) is 0 Å². The summed E-state index contributed by atoms with van der Waals surface area (Å²) in [7, 11) is 0. The van der Waals surface area contributed by atoms with Crippen molar-refractivity contribution in [1.82, 2.24) is 4.98 Å². The van der Waals surface area contributed by atoms with Crippen LogP contribution < -0.4 is 4.74 Å². The monoisotopic (exact) mass is 299 g/mol. The average molecular weight is 300 g/mol. The third kappa shape index (κ3) is 2.66. The first kappa shape index (κ1) is 13.4. The molecule has 3 rings (SSSR count). The number of aromatic nitrogens is 1. The highest BCUT2D eigenvalue weighted by atomic mass is 35.5. The third-order valence-corrected chi connectivity index (χ3v) is 3.32. The highest BCUT2D eigenvalue weighted by Crippen LogP contribution is 2.33. The number of ether oxygens (including phenoxy) is 1. The van der Waals surface area contributed by atoms with E-state index >= 15 is 0 Å².